The molecule has 1 aromatic carbocycles. The molecule has 2 aliphatic heterocycles. The molecule has 5 rings (SSSR count). The summed E-state index contributed by atoms with van der Waals surface area (Å²) in [6.07, 6.45) is 5.56. The van der Waals surface area contributed by atoms with Crippen molar-refractivity contribution in [2.24, 2.45) is 5.92 Å². The van der Waals surface area contributed by atoms with Crippen LogP contribution in [0.2, 0.25) is 0 Å². The van der Waals surface area contributed by atoms with Gasteiger partial charge in [-0.05, 0) is 42.5 Å². The molecule has 0 spiro atoms. The van der Waals surface area contributed by atoms with Crippen molar-refractivity contribution in [3.63, 3.8) is 0 Å². The van der Waals surface area contributed by atoms with Crippen LogP contribution in [0.25, 0.3) is 11.3 Å². The molecule has 3 aromatic rings. The highest BCUT2D eigenvalue weighted by molar-refractivity contribution is 5.76. The van der Waals surface area contributed by atoms with Crippen molar-refractivity contribution in [3.05, 3.63) is 47.4 Å². The molecular formula is C29H38N8O2. The lowest BCUT2D eigenvalue weighted by atomic mass is 9.83. The number of anilines is 3. The lowest BCUT2D eigenvalue weighted by molar-refractivity contribution is 0.0358. The van der Waals surface area contributed by atoms with Crippen molar-refractivity contribution in [3.8, 4) is 17.3 Å². The van der Waals surface area contributed by atoms with Gasteiger partial charge < -0.3 is 20.5 Å². The number of aliphatic hydroxyl groups is 1. The maximum atomic E-state index is 10.0. The summed E-state index contributed by atoms with van der Waals surface area (Å²) in [5.74, 6) is 1.06. The van der Waals surface area contributed by atoms with Crippen LogP contribution < -0.4 is 10.6 Å². The van der Waals surface area contributed by atoms with Gasteiger partial charge in [-0.15, -0.1) is 0 Å². The molecule has 2 aromatic heterocycles. The van der Waals surface area contributed by atoms with Gasteiger partial charge in [0, 0.05) is 43.4 Å². The summed E-state index contributed by atoms with van der Waals surface area (Å²) in [4.78, 5) is 11.7. The van der Waals surface area contributed by atoms with Crippen molar-refractivity contribution in [2.45, 2.75) is 45.6 Å². The van der Waals surface area contributed by atoms with Crippen LogP contribution in [0.1, 0.15) is 44.0 Å². The largest absolute Gasteiger partial charge is 0.395 e. The zero-order valence-electron chi connectivity index (χ0n) is 23.1. The third-order valence-corrected chi connectivity index (χ3v) is 7.75. The molecule has 0 radical (unpaired) electrons. The van der Waals surface area contributed by atoms with E-state index in [9.17, 15) is 10.4 Å². The highest BCUT2D eigenvalue weighted by atomic mass is 16.5. The van der Waals surface area contributed by atoms with E-state index in [1.807, 2.05) is 31.3 Å². The molecule has 2 aliphatic rings. The van der Waals surface area contributed by atoms with Gasteiger partial charge >= 0.3 is 0 Å². The van der Waals surface area contributed by atoms with Crippen molar-refractivity contribution in [2.75, 3.05) is 56.6 Å². The van der Waals surface area contributed by atoms with E-state index in [1.165, 1.54) is 0 Å². The van der Waals surface area contributed by atoms with E-state index < -0.39 is 5.41 Å². The molecule has 1 fully saturated rings. The molecule has 4 heterocycles. The number of benzene rings is 1. The number of fused-ring (bicyclic) bond motifs is 1. The molecule has 0 bridgehead atoms. The summed E-state index contributed by atoms with van der Waals surface area (Å²) in [5, 5.41) is 31.3. The Hall–Kier alpha value is -3.52. The molecule has 39 heavy (non-hydrogen) atoms. The van der Waals surface area contributed by atoms with Crippen LogP contribution in [-0.4, -0.2) is 75.8 Å². The Morgan fingerprint density at radius 3 is 2.82 bits per heavy atom. The zero-order chi connectivity index (χ0) is 27.4. The van der Waals surface area contributed by atoms with Crippen LogP contribution in [0.5, 0.6) is 0 Å². The molecule has 1 atom stereocenters. The van der Waals surface area contributed by atoms with Crippen molar-refractivity contribution >= 4 is 17.3 Å². The minimum atomic E-state index is -0.452. The lowest BCUT2D eigenvalue weighted by Gasteiger charge is -2.26. The summed E-state index contributed by atoms with van der Waals surface area (Å²) in [6, 6.07) is 8.01. The first-order valence-corrected chi connectivity index (χ1v) is 13.8. The summed E-state index contributed by atoms with van der Waals surface area (Å²) in [5.41, 5.74) is 5.42. The second-order valence-electron chi connectivity index (χ2n) is 11.1. The topological polar surface area (TPSA) is 124 Å². The summed E-state index contributed by atoms with van der Waals surface area (Å²) >= 11 is 0. The third kappa shape index (κ3) is 5.91. The van der Waals surface area contributed by atoms with Gasteiger partial charge in [-0.1, -0.05) is 20.8 Å². The molecule has 3 N–H and O–H groups in total. The first-order valence-electron chi connectivity index (χ1n) is 13.8. The third-order valence-electron chi connectivity index (χ3n) is 7.75. The van der Waals surface area contributed by atoms with Crippen LogP contribution in [0.15, 0.2) is 30.6 Å². The molecule has 10 nitrogen and oxygen atoms in total. The molecule has 0 aliphatic carbocycles. The van der Waals surface area contributed by atoms with E-state index in [0.717, 1.165) is 80.4 Å². The monoisotopic (exact) mass is 530 g/mol. The number of ether oxygens (including phenoxy) is 1. The molecule has 0 unspecified atom stereocenters. The number of aromatic nitrogens is 4. The van der Waals surface area contributed by atoms with Crippen molar-refractivity contribution in [1.29, 1.82) is 5.26 Å². The van der Waals surface area contributed by atoms with Gasteiger partial charge in [0.05, 0.1) is 60.9 Å². The van der Waals surface area contributed by atoms with Gasteiger partial charge in [0.25, 0.3) is 0 Å². The van der Waals surface area contributed by atoms with Crippen molar-refractivity contribution in [1.82, 2.24) is 24.6 Å². The Morgan fingerprint density at radius 2 is 2.08 bits per heavy atom. The molecule has 10 heteroatoms. The van der Waals surface area contributed by atoms with Crippen LogP contribution in [0.4, 0.5) is 17.3 Å². The van der Waals surface area contributed by atoms with Gasteiger partial charge in [0.15, 0.2) is 0 Å². The van der Waals surface area contributed by atoms with Gasteiger partial charge in [0.1, 0.15) is 6.07 Å². The Balaban J connectivity index is 1.40. The van der Waals surface area contributed by atoms with Gasteiger partial charge in [-0.25, -0.2) is 9.97 Å². The normalized spacial score (nSPS) is 19.1. The first-order chi connectivity index (χ1) is 18.9. The average Bonchev–Trinajstić information content (AvgIpc) is 3.51. The zero-order valence-corrected chi connectivity index (χ0v) is 23.1. The van der Waals surface area contributed by atoms with E-state index in [4.69, 9.17) is 14.8 Å². The number of rotatable bonds is 10. The molecule has 206 valence electrons. The number of morpholine rings is 1. The Kier molecular flexibility index (Phi) is 8.12. The minimum Gasteiger partial charge on any atom is -0.395 e. The lowest BCUT2D eigenvalue weighted by Crippen LogP contribution is -2.38. The summed E-state index contributed by atoms with van der Waals surface area (Å²) in [7, 11) is 0. The Bertz CT molecular complexity index is 1340. The fraction of sp³-hybridized carbons (Fsp3) is 0.517. The first kappa shape index (κ1) is 27.1. The maximum Gasteiger partial charge on any atom is 0.227 e. The van der Waals surface area contributed by atoms with E-state index in [1.54, 1.807) is 6.20 Å². The number of nitriles is 1. The van der Waals surface area contributed by atoms with Crippen LogP contribution in [0.3, 0.4) is 0 Å². The van der Waals surface area contributed by atoms with Gasteiger partial charge in [-0.2, -0.15) is 10.4 Å². The quantitative estimate of drug-likeness (QED) is 0.361. The number of nitrogens with one attached hydrogen (secondary N) is 2. The number of hydrogen-bond donors (Lipinski definition) is 3. The molecule has 0 saturated carbocycles. The van der Waals surface area contributed by atoms with E-state index in [-0.39, 0.29) is 6.61 Å². The molecule has 0 amide bonds. The van der Waals surface area contributed by atoms with E-state index >= 15 is 0 Å². The van der Waals surface area contributed by atoms with Gasteiger partial charge in [-0.3, -0.25) is 9.58 Å². The summed E-state index contributed by atoms with van der Waals surface area (Å²) < 4.78 is 7.59. The van der Waals surface area contributed by atoms with Crippen LogP contribution >= 0.6 is 0 Å². The Morgan fingerprint density at radius 1 is 1.26 bits per heavy atom. The van der Waals surface area contributed by atoms with Gasteiger partial charge in [0.2, 0.25) is 5.95 Å². The highest BCUT2D eigenvalue weighted by Gasteiger charge is 2.36. The molecule has 1 saturated heterocycles. The number of hydrogen-bond acceptors (Lipinski definition) is 9. The SMILES string of the molecule is CC(C)CCc1c(Nc2nccc(-c3cc(C#N)c4c(c3)[C@@](C)(CO)CN4)n2)cnn1CCN1CCOCC1. The highest BCUT2D eigenvalue weighted by Crippen LogP contribution is 2.41. The summed E-state index contributed by atoms with van der Waals surface area (Å²) in [6.45, 7) is 12.3. The standard InChI is InChI=1S/C29H38N8O2/c1-20(2)4-5-26-25(17-33-37(26)9-8-36-10-12-39-13-11-36)35-28-31-7-6-24(34-28)21-14-22(16-30)27-23(15-21)29(3,19-38)18-32-27/h6-7,14-15,17,20,32,38H,4-5,8-13,18-19H2,1-3H3,(H,31,34,35)/t29-/m1/s1. The number of aliphatic hydroxyl groups excluding tert-OH is 1. The smallest absolute Gasteiger partial charge is 0.227 e. The predicted octanol–water partition coefficient (Wildman–Crippen LogP) is 3.55. The Labute approximate surface area is 230 Å². The second kappa shape index (κ2) is 11.7. The second-order valence-corrected chi connectivity index (χ2v) is 11.1. The fourth-order valence-electron chi connectivity index (χ4n) is 5.22. The fourth-order valence-corrected chi connectivity index (χ4v) is 5.22. The van der Waals surface area contributed by atoms with E-state index in [0.29, 0.717) is 29.7 Å². The minimum absolute atomic E-state index is 0.00736. The van der Waals surface area contributed by atoms with E-state index in [2.05, 4.69) is 45.1 Å². The maximum absolute atomic E-state index is 10.0. The average molecular weight is 531 g/mol. The van der Waals surface area contributed by atoms with Crippen LogP contribution in [-0.2, 0) is 23.1 Å². The van der Waals surface area contributed by atoms with Crippen molar-refractivity contribution < 1.29 is 9.84 Å². The molecular weight excluding hydrogens is 492 g/mol. The number of nitrogens with zero attached hydrogens (tertiary/aromatic N) is 6. The van der Waals surface area contributed by atoms with Crippen LogP contribution in [0, 0.1) is 17.2 Å². The predicted molar refractivity (Wildman–Crippen MR) is 151 cm³/mol.